The van der Waals surface area contributed by atoms with E-state index in [0.717, 1.165) is 13.7 Å². The molecule has 1 aromatic heterocycles. The number of rotatable bonds is 5. The SMILES string of the molecule is NC(=O)OCCNCc1cc(Br)c(Cl)s1. The Hall–Kier alpha value is -0.300. The van der Waals surface area contributed by atoms with Crippen LogP contribution in [0.4, 0.5) is 4.79 Å². The van der Waals surface area contributed by atoms with Gasteiger partial charge in [-0.05, 0) is 22.0 Å². The minimum absolute atomic E-state index is 0.273. The normalized spacial score (nSPS) is 10.3. The Morgan fingerprint density at radius 1 is 1.73 bits per heavy atom. The van der Waals surface area contributed by atoms with Gasteiger partial charge in [-0.3, -0.25) is 0 Å². The van der Waals surface area contributed by atoms with Crippen molar-refractivity contribution in [2.24, 2.45) is 5.73 Å². The summed E-state index contributed by atoms with van der Waals surface area (Å²) in [6, 6.07) is 1.95. The number of ether oxygens (including phenoxy) is 1. The summed E-state index contributed by atoms with van der Waals surface area (Å²) in [4.78, 5) is 11.3. The van der Waals surface area contributed by atoms with Crippen molar-refractivity contribution in [3.63, 3.8) is 0 Å². The molecule has 0 aromatic carbocycles. The summed E-state index contributed by atoms with van der Waals surface area (Å²) in [6.45, 7) is 1.53. The van der Waals surface area contributed by atoms with Gasteiger partial charge in [0.25, 0.3) is 0 Å². The molecule has 15 heavy (non-hydrogen) atoms. The fraction of sp³-hybridized carbons (Fsp3) is 0.375. The molecular weight excluding hydrogens is 304 g/mol. The Morgan fingerprint density at radius 3 is 3.00 bits per heavy atom. The van der Waals surface area contributed by atoms with Crippen LogP contribution in [0.25, 0.3) is 0 Å². The van der Waals surface area contributed by atoms with Gasteiger partial charge in [-0.25, -0.2) is 4.79 Å². The minimum Gasteiger partial charge on any atom is -0.448 e. The maximum absolute atomic E-state index is 10.2. The molecule has 1 rings (SSSR count). The number of primary amides is 1. The molecule has 1 heterocycles. The van der Waals surface area contributed by atoms with Gasteiger partial charge < -0.3 is 15.8 Å². The highest BCUT2D eigenvalue weighted by atomic mass is 79.9. The average molecular weight is 314 g/mol. The first kappa shape index (κ1) is 12.8. The molecule has 0 fully saturated rings. The van der Waals surface area contributed by atoms with E-state index in [4.69, 9.17) is 17.3 Å². The smallest absolute Gasteiger partial charge is 0.404 e. The van der Waals surface area contributed by atoms with Crippen LogP contribution in [0.5, 0.6) is 0 Å². The number of halogens is 2. The van der Waals surface area contributed by atoms with Gasteiger partial charge in [0.1, 0.15) is 10.9 Å². The van der Waals surface area contributed by atoms with Crippen LogP contribution in [0, 0.1) is 0 Å². The maximum atomic E-state index is 10.2. The molecule has 0 unspecified atom stereocenters. The van der Waals surface area contributed by atoms with Gasteiger partial charge >= 0.3 is 6.09 Å². The van der Waals surface area contributed by atoms with Gasteiger partial charge in [0.05, 0.1) is 0 Å². The minimum atomic E-state index is -0.751. The fourth-order valence-electron chi connectivity index (χ4n) is 0.914. The van der Waals surface area contributed by atoms with Gasteiger partial charge in [-0.1, -0.05) is 11.6 Å². The number of nitrogens with one attached hydrogen (secondary N) is 1. The zero-order valence-electron chi connectivity index (χ0n) is 7.76. The quantitative estimate of drug-likeness (QED) is 0.820. The summed E-state index contributed by atoms with van der Waals surface area (Å²) >= 11 is 10.7. The number of nitrogens with two attached hydrogens (primary N) is 1. The topological polar surface area (TPSA) is 64.4 Å². The summed E-state index contributed by atoms with van der Waals surface area (Å²) < 4.78 is 6.19. The van der Waals surface area contributed by atoms with E-state index < -0.39 is 6.09 Å². The zero-order chi connectivity index (χ0) is 11.3. The average Bonchev–Trinajstić information content (AvgIpc) is 2.45. The van der Waals surface area contributed by atoms with E-state index in [0.29, 0.717) is 13.1 Å². The molecule has 0 aliphatic rings. The molecule has 0 bridgehead atoms. The van der Waals surface area contributed by atoms with Crippen LogP contribution >= 0.6 is 38.9 Å². The first-order chi connectivity index (χ1) is 7.09. The van der Waals surface area contributed by atoms with E-state index in [2.05, 4.69) is 26.0 Å². The largest absolute Gasteiger partial charge is 0.448 e. The lowest BCUT2D eigenvalue weighted by molar-refractivity contribution is 0.157. The van der Waals surface area contributed by atoms with E-state index in [1.165, 1.54) is 11.3 Å². The summed E-state index contributed by atoms with van der Waals surface area (Å²) in [5, 5.41) is 3.10. The standard InChI is InChI=1S/C8H10BrClN2O2S/c9-6-3-5(15-7(6)10)4-12-1-2-14-8(11)13/h3,12H,1-2,4H2,(H2,11,13). The second kappa shape index (κ2) is 6.32. The Bertz CT molecular complexity index is 326. The molecule has 4 nitrogen and oxygen atoms in total. The van der Waals surface area contributed by atoms with Crippen molar-refractivity contribution in [1.82, 2.24) is 5.32 Å². The molecule has 0 atom stereocenters. The summed E-state index contributed by atoms with van der Waals surface area (Å²) in [5.74, 6) is 0. The van der Waals surface area contributed by atoms with E-state index in [1.807, 2.05) is 6.07 Å². The Labute approximate surface area is 105 Å². The lowest BCUT2D eigenvalue weighted by atomic mass is 10.4. The third kappa shape index (κ3) is 4.83. The molecule has 1 aromatic rings. The molecular formula is C8H10BrClN2O2S. The van der Waals surface area contributed by atoms with Gasteiger partial charge in [0.15, 0.2) is 0 Å². The Kier molecular flexibility index (Phi) is 5.38. The van der Waals surface area contributed by atoms with Gasteiger partial charge in [0.2, 0.25) is 0 Å². The van der Waals surface area contributed by atoms with E-state index in [-0.39, 0.29) is 6.61 Å². The van der Waals surface area contributed by atoms with Crippen LogP contribution in [-0.2, 0) is 11.3 Å². The molecule has 0 radical (unpaired) electrons. The first-order valence-corrected chi connectivity index (χ1v) is 6.15. The highest BCUT2D eigenvalue weighted by molar-refractivity contribution is 9.10. The lowest BCUT2D eigenvalue weighted by Gasteiger charge is -2.02. The lowest BCUT2D eigenvalue weighted by Crippen LogP contribution is -2.22. The van der Waals surface area contributed by atoms with Crippen molar-refractivity contribution in [2.75, 3.05) is 13.2 Å². The van der Waals surface area contributed by atoms with Crippen LogP contribution in [-0.4, -0.2) is 19.2 Å². The van der Waals surface area contributed by atoms with Crippen molar-refractivity contribution >= 4 is 45.0 Å². The molecule has 84 valence electrons. The number of thiophene rings is 1. The van der Waals surface area contributed by atoms with E-state index in [9.17, 15) is 4.79 Å². The number of hydrogen-bond acceptors (Lipinski definition) is 4. The molecule has 0 aliphatic carbocycles. The van der Waals surface area contributed by atoms with Crippen LogP contribution < -0.4 is 11.1 Å². The van der Waals surface area contributed by atoms with Gasteiger partial charge in [0, 0.05) is 22.4 Å². The number of carbonyl (C=O) groups is 1. The van der Waals surface area contributed by atoms with Gasteiger partial charge in [-0.2, -0.15) is 0 Å². The maximum Gasteiger partial charge on any atom is 0.404 e. The van der Waals surface area contributed by atoms with Crippen molar-refractivity contribution < 1.29 is 9.53 Å². The molecule has 7 heteroatoms. The second-order valence-corrected chi connectivity index (χ2v) is 5.27. The summed E-state index contributed by atoms with van der Waals surface area (Å²) in [6.07, 6.45) is -0.751. The van der Waals surface area contributed by atoms with Crippen molar-refractivity contribution in [2.45, 2.75) is 6.54 Å². The van der Waals surface area contributed by atoms with Crippen LogP contribution in [0.2, 0.25) is 4.34 Å². The molecule has 1 amide bonds. The summed E-state index contributed by atoms with van der Waals surface area (Å²) in [5.41, 5.74) is 4.80. The predicted molar refractivity (Wildman–Crippen MR) is 64.3 cm³/mol. The predicted octanol–water partition coefficient (Wildman–Crippen LogP) is 2.35. The molecule has 0 aliphatic heterocycles. The van der Waals surface area contributed by atoms with Crippen LogP contribution in [0.1, 0.15) is 4.88 Å². The second-order valence-electron chi connectivity index (χ2n) is 2.68. The molecule has 0 saturated carbocycles. The first-order valence-electron chi connectivity index (χ1n) is 4.16. The van der Waals surface area contributed by atoms with Crippen LogP contribution in [0.3, 0.4) is 0 Å². The molecule has 3 N–H and O–H groups in total. The number of carbonyl (C=O) groups excluding carboxylic acids is 1. The van der Waals surface area contributed by atoms with Crippen molar-refractivity contribution in [3.8, 4) is 0 Å². The third-order valence-corrected chi connectivity index (χ3v) is 3.99. The number of amides is 1. The van der Waals surface area contributed by atoms with Crippen LogP contribution in [0.15, 0.2) is 10.5 Å². The number of hydrogen-bond donors (Lipinski definition) is 2. The Morgan fingerprint density at radius 2 is 2.47 bits per heavy atom. The van der Waals surface area contributed by atoms with Crippen molar-refractivity contribution in [1.29, 1.82) is 0 Å². The van der Waals surface area contributed by atoms with Gasteiger partial charge in [-0.15, -0.1) is 11.3 Å². The molecule has 0 saturated heterocycles. The van der Waals surface area contributed by atoms with E-state index in [1.54, 1.807) is 0 Å². The zero-order valence-corrected chi connectivity index (χ0v) is 10.9. The highest BCUT2D eigenvalue weighted by Gasteiger charge is 2.03. The Balaban J connectivity index is 2.18. The molecule has 0 spiro atoms. The summed E-state index contributed by atoms with van der Waals surface area (Å²) in [7, 11) is 0. The highest BCUT2D eigenvalue weighted by Crippen LogP contribution is 2.31. The van der Waals surface area contributed by atoms with E-state index >= 15 is 0 Å². The fourth-order valence-corrected chi connectivity index (χ4v) is 2.67. The monoisotopic (exact) mass is 312 g/mol. The van der Waals surface area contributed by atoms with Crippen molar-refractivity contribution in [3.05, 3.63) is 19.8 Å². The third-order valence-electron chi connectivity index (χ3n) is 1.52.